The molecule has 0 aliphatic carbocycles. The van der Waals surface area contributed by atoms with Gasteiger partial charge in [0.1, 0.15) is 0 Å². The predicted octanol–water partition coefficient (Wildman–Crippen LogP) is 12.0. The van der Waals surface area contributed by atoms with Gasteiger partial charge in [-0.2, -0.15) is 0 Å². The maximum atomic E-state index is 14.4. The van der Waals surface area contributed by atoms with Crippen molar-refractivity contribution in [1.29, 1.82) is 0 Å². The van der Waals surface area contributed by atoms with Gasteiger partial charge in [-0.05, 0) is 179 Å². The van der Waals surface area contributed by atoms with E-state index in [4.69, 9.17) is 0 Å². The molecule has 8 aromatic carbocycles. The van der Waals surface area contributed by atoms with Crippen LogP contribution in [0.5, 0.6) is 0 Å². The van der Waals surface area contributed by atoms with Gasteiger partial charge in [-0.1, -0.05) is 119 Å². The minimum atomic E-state index is -4.00. The minimum absolute atomic E-state index is 0.147. The summed E-state index contributed by atoms with van der Waals surface area (Å²) < 4.78 is 117. The van der Waals surface area contributed by atoms with Crippen molar-refractivity contribution in [3.63, 3.8) is 0 Å². The van der Waals surface area contributed by atoms with Crippen LogP contribution >= 0.6 is 0 Å². The Labute approximate surface area is 443 Å². The number of hydrogen-bond acceptors (Lipinski definition) is 8. The number of aryl methyl sites for hydroxylation is 4. The van der Waals surface area contributed by atoms with Gasteiger partial charge < -0.3 is 0 Å². The Kier molecular flexibility index (Phi) is 16.7. The SMILES string of the molecule is Cc1ccc(S(=O)(=O)Nc2ccc(Cc3ccc(N(CCCCCN(c4ccc(Cc5ccc(NS(=O)(=O)c6ccc(C)cc6)cc5)cc4)S(=O)(=O)c4ccc(C)cc4)S(=O)(=O)c4ccc(C)cc4)cc3)cc2)cc1. The molecule has 0 aliphatic rings. The van der Waals surface area contributed by atoms with Crippen LogP contribution < -0.4 is 18.1 Å². The lowest BCUT2D eigenvalue weighted by atomic mass is 10.0. The monoisotopic (exact) mass is 1080 g/mol. The number of unbranched alkanes of at least 4 members (excludes halogenated alkanes) is 2. The lowest BCUT2D eigenvalue weighted by Gasteiger charge is -2.26. The summed E-state index contributed by atoms with van der Waals surface area (Å²) in [5, 5.41) is 0. The smallest absolute Gasteiger partial charge is 0.264 e. The number of rotatable bonds is 22. The van der Waals surface area contributed by atoms with Crippen molar-refractivity contribution in [3.8, 4) is 0 Å². The Bertz CT molecular complexity index is 3430. The molecule has 0 unspecified atom stereocenters. The fourth-order valence-electron chi connectivity index (χ4n) is 8.41. The van der Waals surface area contributed by atoms with Gasteiger partial charge in [0.05, 0.1) is 31.0 Å². The van der Waals surface area contributed by atoms with Gasteiger partial charge in [0.25, 0.3) is 40.1 Å². The van der Waals surface area contributed by atoms with E-state index in [9.17, 15) is 33.7 Å². The van der Waals surface area contributed by atoms with E-state index in [0.717, 1.165) is 44.5 Å². The highest BCUT2D eigenvalue weighted by Gasteiger charge is 2.27. The Morgan fingerprint density at radius 2 is 0.560 bits per heavy atom. The number of nitrogens with zero attached hydrogens (tertiary/aromatic N) is 2. The van der Waals surface area contributed by atoms with Crippen molar-refractivity contribution in [3.05, 3.63) is 239 Å². The average molecular weight is 1080 g/mol. The molecule has 0 heterocycles. The Hall–Kier alpha value is -7.24. The topological polar surface area (TPSA) is 167 Å². The van der Waals surface area contributed by atoms with E-state index < -0.39 is 40.1 Å². The van der Waals surface area contributed by atoms with Gasteiger partial charge in [0.2, 0.25) is 0 Å². The molecule has 0 aromatic heterocycles. The van der Waals surface area contributed by atoms with Gasteiger partial charge in [-0.15, -0.1) is 0 Å². The third-order valence-electron chi connectivity index (χ3n) is 12.8. The fourth-order valence-corrected chi connectivity index (χ4v) is 13.5. The van der Waals surface area contributed by atoms with Crippen LogP contribution in [-0.4, -0.2) is 46.8 Å². The van der Waals surface area contributed by atoms with Crippen LogP contribution in [0, 0.1) is 27.7 Å². The second kappa shape index (κ2) is 23.1. The fraction of sp³-hybridized carbons (Fsp3) is 0.186. The second-order valence-electron chi connectivity index (χ2n) is 18.8. The first-order chi connectivity index (χ1) is 35.7. The van der Waals surface area contributed by atoms with Crippen molar-refractivity contribution < 1.29 is 33.7 Å². The molecular formula is C59H60N4O8S4. The molecule has 0 fully saturated rings. The third-order valence-corrected chi connectivity index (χ3v) is 19.3. The predicted molar refractivity (Wildman–Crippen MR) is 301 cm³/mol. The van der Waals surface area contributed by atoms with E-state index in [-0.39, 0.29) is 32.7 Å². The number of anilines is 4. The maximum absolute atomic E-state index is 14.4. The molecule has 16 heteroatoms. The molecule has 0 atom stereocenters. The third kappa shape index (κ3) is 13.7. The number of sulfonamides is 4. The zero-order valence-electron chi connectivity index (χ0n) is 42.2. The summed E-state index contributed by atoms with van der Waals surface area (Å²) in [4.78, 5) is 0.671. The van der Waals surface area contributed by atoms with Gasteiger partial charge >= 0.3 is 0 Å². The van der Waals surface area contributed by atoms with E-state index in [2.05, 4.69) is 9.44 Å². The number of nitrogens with one attached hydrogen (secondary N) is 2. The lowest BCUT2D eigenvalue weighted by Crippen LogP contribution is -2.33. The normalized spacial score (nSPS) is 12.0. The summed E-state index contributed by atoms with van der Waals surface area (Å²) in [5.41, 5.74) is 9.35. The van der Waals surface area contributed by atoms with Crippen LogP contribution in [-0.2, 0) is 52.9 Å². The van der Waals surface area contributed by atoms with Crippen LogP contribution in [0.15, 0.2) is 214 Å². The number of hydrogen-bond donors (Lipinski definition) is 2. The van der Waals surface area contributed by atoms with Crippen LogP contribution in [0.4, 0.5) is 22.7 Å². The van der Waals surface area contributed by atoms with Crippen LogP contribution in [0.2, 0.25) is 0 Å². The van der Waals surface area contributed by atoms with Gasteiger partial charge in [0, 0.05) is 24.5 Å². The molecule has 0 saturated heterocycles. The molecule has 12 nitrogen and oxygen atoms in total. The summed E-state index contributed by atoms with van der Waals surface area (Å²) in [6, 6.07) is 55.7. The zero-order chi connectivity index (χ0) is 53.4. The Balaban J connectivity index is 0.934. The molecule has 0 aliphatic heterocycles. The largest absolute Gasteiger partial charge is 0.280 e. The Morgan fingerprint density at radius 1 is 0.307 bits per heavy atom. The Morgan fingerprint density at radius 3 is 0.840 bits per heavy atom. The first-order valence-electron chi connectivity index (χ1n) is 24.5. The molecule has 0 saturated carbocycles. The van der Waals surface area contributed by atoms with Crippen LogP contribution in [0.1, 0.15) is 63.8 Å². The van der Waals surface area contributed by atoms with Crippen LogP contribution in [0.3, 0.4) is 0 Å². The highest BCUT2D eigenvalue weighted by molar-refractivity contribution is 7.93. The van der Waals surface area contributed by atoms with E-state index in [0.29, 0.717) is 54.9 Å². The molecule has 0 radical (unpaired) electrons. The van der Waals surface area contributed by atoms with Crippen LogP contribution in [0.25, 0.3) is 0 Å². The first-order valence-corrected chi connectivity index (χ1v) is 30.3. The molecule has 8 rings (SSSR count). The van der Waals surface area contributed by atoms with E-state index in [1.165, 1.54) is 8.61 Å². The highest BCUT2D eigenvalue weighted by Crippen LogP contribution is 2.29. The van der Waals surface area contributed by atoms with Gasteiger partial charge in [0.15, 0.2) is 0 Å². The molecule has 388 valence electrons. The van der Waals surface area contributed by atoms with Gasteiger partial charge in [-0.3, -0.25) is 18.1 Å². The number of benzene rings is 8. The van der Waals surface area contributed by atoms with Crippen molar-refractivity contribution in [2.75, 3.05) is 31.1 Å². The molecule has 75 heavy (non-hydrogen) atoms. The quantitative estimate of drug-likeness (QED) is 0.0633. The summed E-state index contributed by atoms with van der Waals surface area (Å²) in [7, 11) is -15.5. The van der Waals surface area contributed by atoms with Crippen molar-refractivity contribution >= 4 is 62.8 Å². The minimum Gasteiger partial charge on any atom is -0.280 e. The highest BCUT2D eigenvalue weighted by atomic mass is 32.2. The molecule has 2 N–H and O–H groups in total. The van der Waals surface area contributed by atoms with Crippen molar-refractivity contribution in [2.45, 2.75) is 79.4 Å². The summed E-state index contributed by atoms with van der Waals surface area (Å²) >= 11 is 0. The molecule has 8 aromatic rings. The zero-order valence-corrected chi connectivity index (χ0v) is 45.5. The van der Waals surface area contributed by atoms with Gasteiger partial charge in [-0.25, -0.2) is 33.7 Å². The lowest BCUT2D eigenvalue weighted by molar-refractivity contribution is 0.583. The molecule has 0 bridgehead atoms. The van der Waals surface area contributed by atoms with Crippen molar-refractivity contribution in [2.24, 2.45) is 0 Å². The van der Waals surface area contributed by atoms with E-state index in [1.54, 1.807) is 146 Å². The van der Waals surface area contributed by atoms with E-state index >= 15 is 0 Å². The summed E-state index contributed by atoms with van der Waals surface area (Å²) in [5.74, 6) is 0. The molecular weight excluding hydrogens is 1020 g/mol. The first kappa shape index (κ1) is 54.0. The van der Waals surface area contributed by atoms with E-state index in [1.807, 2.05) is 76.2 Å². The average Bonchev–Trinajstić information content (AvgIpc) is 3.38. The maximum Gasteiger partial charge on any atom is 0.264 e. The molecule has 0 spiro atoms. The summed E-state index contributed by atoms with van der Waals surface area (Å²) in [6.45, 7) is 7.87. The standard InChI is InChI=1S/C59H60N4O8S4/c1-44-8-32-56(33-9-44)72(64,65)60-52-24-16-48(17-25-52)42-50-20-28-54(29-21-50)62(74(68,69)58-36-12-46(3)13-37-58)40-6-5-7-41-63(75(70,71)59-38-14-47(4)15-39-59)55-30-22-51(23-31-55)43-49-18-26-53(27-19-49)61-73(66,67)57-34-10-45(2)11-35-57/h8-39,60-61H,5-7,40-43H2,1-4H3. The van der Waals surface area contributed by atoms with Crippen molar-refractivity contribution in [1.82, 2.24) is 0 Å². The summed E-state index contributed by atoms with van der Waals surface area (Å²) in [6.07, 6.45) is 2.45. The second-order valence-corrected chi connectivity index (χ2v) is 25.8. The molecule has 0 amide bonds.